The van der Waals surface area contributed by atoms with E-state index in [-0.39, 0.29) is 25.0 Å². The molecule has 1 unspecified atom stereocenters. The molecule has 0 saturated carbocycles. The lowest BCUT2D eigenvalue weighted by molar-refractivity contribution is -0.138. The lowest BCUT2D eigenvalue weighted by Crippen LogP contribution is -2.45. The zero-order chi connectivity index (χ0) is 22.9. The number of hydrogen-bond donors (Lipinski definition) is 2. The van der Waals surface area contributed by atoms with Crippen LogP contribution >= 0.6 is 22.9 Å². The monoisotopic (exact) mass is 491 g/mol. The third-order valence-corrected chi connectivity index (χ3v) is 5.78. The van der Waals surface area contributed by atoms with Gasteiger partial charge in [0.05, 0.1) is 30.6 Å². The van der Waals surface area contributed by atoms with Crippen LogP contribution in [0.4, 0.5) is 24.0 Å². The van der Waals surface area contributed by atoms with E-state index >= 15 is 0 Å². The number of rotatable bonds is 8. The van der Waals surface area contributed by atoms with Gasteiger partial charge in [-0.2, -0.15) is 23.3 Å². The minimum absolute atomic E-state index is 0.00269. The molecule has 1 aliphatic rings. The summed E-state index contributed by atoms with van der Waals surface area (Å²) in [6, 6.07) is -0.549. The Kier molecular flexibility index (Phi) is 6.35. The highest BCUT2D eigenvalue weighted by atomic mass is 35.5. The molecule has 1 saturated heterocycles. The summed E-state index contributed by atoms with van der Waals surface area (Å²) in [4.78, 5) is 22.1. The lowest BCUT2D eigenvalue weighted by atomic mass is 10.0. The average molecular weight is 492 g/mol. The Hall–Kier alpha value is -2.71. The third-order valence-electron chi connectivity index (χ3n) is 4.60. The molecule has 1 atom stereocenters. The molecule has 0 radical (unpaired) electrons. The fourth-order valence-corrected chi connectivity index (χ4v) is 4.02. The molecule has 4 heterocycles. The highest BCUT2D eigenvalue weighted by molar-refractivity contribution is 7.19. The Morgan fingerprint density at radius 1 is 1.44 bits per heavy atom. The molecule has 0 amide bonds. The summed E-state index contributed by atoms with van der Waals surface area (Å²) in [6.07, 6.45) is -2.31. The molecule has 0 aromatic carbocycles. The van der Waals surface area contributed by atoms with Crippen LogP contribution in [-0.2, 0) is 17.5 Å². The third kappa shape index (κ3) is 5.02. The maximum absolute atomic E-state index is 13.1. The summed E-state index contributed by atoms with van der Waals surface area (Å²) >= 11 is 7.29. The molecular weight excluding hydrogens is 475 g/mol. The van der Waals surface area contributed by atoms with Crippen molar-refractivity contribution in [1.82, 2.24) is 25.3 Å². The number of ether oxygens (including phenoxy) is 1. The van der Waals surface area contributed by atoms with Crippen LogP contribution in [0.1, 0.15) is 30.1 Å². The van der Waals surface area contributed by atoms with Crippen LogP contribution in [0.5, 0.6) is 0 Å². The van der Waals surface area contributed by atoms with Crippen molar-refractivity contribution in [2.24, 2.45) is 0 Å². The van der Waals surface area contributed by atoms with Gasteiger partial charge in [0.15, 0.2) is 11.0 Å². The predicted octanol–water partition coefficient (Wildman–Crippen LogP) is 2.90. The van der Waals surface area contributed by atoms with E-state index < -0.39 is 29.0 Å². The van der Waals surface area contributed by atoms with E-state index in [9.17, 15) is 18.0 Å². The molecule has 10 nitrogen and oxygen atoms in total. The van der Waals surface area contributed by atoms with Crippen molar-refractivity contribution >= 4 is 33.8 Å². The molecule has 32 heavy (non-hydrogen) atoms. The number of aromatic amines is 1. The van der Waals surface area contributed by atoms with Gasteiger partial charge in [0.2, 0.25) is 0 Å². The predicted molar refractivity (Wildman–Crippen MR) is 109 cm³/mol. The van der Waals surface area contributed by atoms with Crippen LogP contribution < -0.4 is 15.8 Å². The molecule has 0 spiro atoms. The number of alkyl halides is 3. The van der Waals surface area contributed by atoms with Gasteiger partial charge in [0.25, 0.3) is 11.4 Å². The van der Waals surface area contributed by atoms with Crippen molar-refractivity contribution in [3.8, 4) is 0 Å². The summed E-state index contributed by atoms with van der Waals surface area (Å²) in [6.45, 7) is 3.02. The maximum Gasteiger partial charge on any atom is 0.423 e. The molecule has 0 bridgehead atoms. The van der Waals surface area contributed by atoms with E-state index in [1.807, 2.05) is 0 Å². The largest absolute Gasteiger partial charge is 0.423 e. The Morgan fingerprint density at radius 3 is 2.91 bits per heavy atom. The number of anilines is 2. The summed E-state index contributed by atoms with van der Waals surface area (Å²) in [5.74, 6) is 0.912. The highest BCUT2D eigenvalue weighted by Gasteiger charge is 2.37. The van der Waals surface area contributed by atoms with E-state index in [4.69, 9.17) is 20.9 Å². The first-order valence-corrected chi connectivity index (χ1v) is 10.6. The van der Waals surface area contributed by atoms with Crippen LogP contribution in [-0.4, -0.2) is 51.1 Å². The number of halogens is 4. The molecule has 4 rings (SSSR count). The van der Waals surface area contributed by atoms with Crippen LogP contribution in [0, 0.1) is 0 Å². The first-order chi connectivity index (χ1) is 15.2. The summed E-state index contributed by atoms with van der Waals surface area (Å²) in [5.41, 5.74) is -3.08. The maximum atomic E-state index is 13.1. The zero-order valence-corrected chi connectivity index (χ0v) is 18.1. The molecule has 1 aliphatic heterocycles. The number of thiazole rings is 1. The van der Waals surface area contributed by atoms with Gasteiger partial charge >= 0.3 is 6.18 Å². The van der Waals surface area contributed by atoms with Crippen molar-refractivity contribution in [2.75, 3.05) is 29.9 Å². The number of nitrogens with one attached hydrogen (secondary N) is 2. The first-order valence-electron chi connectivity index (χ1n) is 9.38. The molecule has 2 N–H and O–H groups in total. The number of H-pyrrole nitrogens is 1. The standard InChI is InChI=1S/C17H17ClF3N7O3S/c1-8(24-10-2-23-26-15(29)13(10)17(19,20)21)6-30-7-12-25-14(27-31-12)9-4-28(5-9)16-22-3-11(18)32-16/h2-3,8-9H,4-7H2,1H3,(H2,24,26,29). The zero-order valence-electron chi connectivity index (χ0n) is 16.5. The molecular formula is C17H17ClF3N7O3S. The van der Waals surface area contributed by atoms with Gasteiger partial charge in [0, 0.05) is 19.1 Å². The molecule has 172 valence electrons. The number of aromatic nitrogens is 5. The van der Waals surface area contributed by atoms with E-state index in [1.165, 1.54) is 11.3 Å². The van der Waals surface area contributed by atoms with Crippen LogP contribution in [0.2, 0.25) is 4.34 Å². The molecule has 0 aliphatic carbocycles. The van der Waals surface area contributed by atoms with Crippen LogP contribution in [0.15, 0.2) is 21.7 Å². The van der Waals surface area contributed by atoms with E-state index in [1.54, 1.807) is 18.2 Å². The second kappa shape index (κ2) is 9.03. The normalized spacial score (nSPS) is 15.6. The van der Waals surface area contributed by atoms with Crippen molar-refractivity contribution in [3.05, 3.63) is 44.4 Å². The Balaban J connectivity index is 1.25. The van der Waals surface area contributed by atoms with Crippen LogP contribution in [0.25, 0.3) is 0 Å². The van der Waals surface area contributed by atoms with Crippen LogP contribution in [0.3, 0.4) is 0 Å². The molecule has 15 heteroatoms. The lowest BCUT2D eigenvalue weighted by Gasteiger charge is -2.37. The first kappa shape index (κ1) is 22.5. The van der Waals surface area contributed by atoms with Gasteiger partial charge in [-0.3, -0.25) is 4.79 Å². The number of nitrogens with zero attached hydrogens (tertiary/aromatic N) is 5. The van der Waals surface area contributed by atoms with E-state index in [2.05, 4.69) is 30.4 Å². The van der Waals surface area contributed by atoms with Gasteiger partial charge < -0.3 is 19.5 Å². The second-order valence-electron chi connectivity index (χ2n) is 7.14. The summed E-state index contributed by atoms with van der Waals surface area (Å²) in [5, 5.41) is 12.6. The Labute approximate surface area is 187 Å². The highest BCUT2D eigenvalue weighted by Crippen LogP contribution is 2.34. The Bertz CT molecular complexity index is 1130. The quantitative estimate of drug-likeness (QED) is 0.489. The van der Waals surface area contributed by atoms with Gasteiger partial charge in [0.1, 0.15) is 16.5 Å². The minimum atomic E-state index is -4.82. The van der Waals surface area contributed by atoms with Crippen molar-refractivity contribution < 1.29 is 22.4 Å². The topological polar surface area (TPSA) is 122 Å². The molecule has 1 fully saturated rings. The smallest absolute Gasteiger partial charge is 0.378 e. The van der Waals surface area contributed by atoms with E-state index in [0.717, 1.165) is 11.3 Å². The fourth-order valence-electron chi connectivity index (χ4n) is 3.10. The fraction of sp³-hybridized carbons (Fsp3) is 0.471. The number of hydrogen-bond acceptors (Lipinski definition) is 10. The second-order valence-corrected chi connectivity index (χ2v) is 8.78. The molecule has 3 aromatic rings. The van der Waals surface area contributed by atoms with Crippen molar-refractivity contribution in [3.63, 3.8) is 0 Å². The Morgan fingerprint density at radius 2 is 2.22 bits per heavy atom. The van der Waals surface area contributed by atoms with Gasteiger partial charge in [-0.1, -0.05) is 28.1 Å². The van der Waals surface area contributed by atoms with Gasteiger partial charge in [-0.25, -0.2) is 10.1 Å². The minimum Gasteiger partial charge on any atom is -0.378 e. The summed E-state index contributed by atoms with van der Waals surface area (Å²) in [7, 11) is 0. The van der Waals surface area contributed by atoms with Gasteiger partial charge in [-0.05, 0) is 6.92 Å². The molecule has 3 aromatic heterocycles. The van der Waals surface area contributed by atoms with Gasteiger partial charge in [-0.15, -0.1) is 0 Å². The van der Waals surface area contributed by atoms with Crippen molar-refractivity contribution in [1.29, 1.82) is 0 Å². The SMILES string of the molecule is CC(COCc1nc(C2CN(c3ncc(Cl)s3)C2)no1)Nc1cn[nH]c(=O)c1C(F)(F)F. The van der Waals surface area contributed by atoms with Crippen molar-refractivity contribution in [2.45, 2.75) is 31.7 Å². The summed E-state index contributed by atoms with van der Waals surface area (Å²) < 4.78 is 50.6. The van der Waals surface area contributed by atoms with E-state index in [0.29, 0.717) is 23.3 Å². The average Bonchev–Trinajstić information content (AvgIpc) is 3.29.